The van der Waals surface area contributed by atoms with Gasteiger partial charge in [-0.15, -0.1) is 10.2 Å². The summed E-state index contributed by atoms with van der Waals surface area (Å²) in [5, 5.41) is 12.2. The smallest absolute Gasteiger partial charge is 0.194 e. The molecular formula is C19H32N6O. The van der Waals surface area contributed by atoms with Crippen LogP contribution in [-0.2, 0) is 18.3 Å². The number of aryl methyl sites for hydroxylation is 1. The molecule has 2 aliphatic heterocycles. The zero-order chi connectivity index (χ0) is 18.0. The van der Waals surface area contributed by atoms with Crippen molar-refractivity contribution in [3.63, 3.8) is 0 Å². The average molecular weight is 361 g/mol. The monoisotopic (exact) mass is 360 g/mol. The molecule has 4 rings (SSSR count). The van der Waals surface area contributed by atoms with Gasteiger partial charge in [0.25, 0.3) is 0 Å². The Hall–Kier alpha value is -1.63. The van der Waals surface area contributed by atoms with Gasteiger partial charge in [-0.1, -0.05) is 19.3 Å². The van der Waals surface area contributed by atoms with Crippen LogP contribution in [0.1, 0.15) is 56.6 Å². The first kappa shape index (κ1) is 17.8. The third-order valence-corrected chi connectivity index (χ3v) is 6.41. The van der Waals surface area contributed by atoms with Crippen molar-refractivity contribution in [2.45, 2.75) is 64.5 Å². The number of likely N-dealkylation sites (tertiary alicyclic amines) is 1. The van der Waals surface area contributed by atoms with Crippen LogP contribution in [0.4, 0.5) is 0 Å². The van der Waals surface area contributed by atoms with Crippen LogP contribution in [0.15, 0.2) is 4.99 Å². The van der Waals surface area contributed by atoms with Gasteiger partial charge in [0.15, 0.2) is 11.8 Å². The van der Waals surface area contributed by atoms with E-state index < -0.39 is 0 Å². The Morgan fingerprint density at radius 2 is 2.12 bits per heavy atom. The molecule has 3 aliphatic rings. The minimum absolute atomic E-state index is 0.344. The first-order valence-corrected chi connectivity index (χ1v) is 10.1. The molecule has 1 aliphatic carbocycles. The van der Waals surface area contributed by atoms with Crippen molar-refractivity contribution in [1.82, 2.24) is 25.0 Å². The van der Waals surface area contributed by atoms with Crippen LogP contribution in [0.3, 0.4) is 0 Å². The fourth-order valence-electron chi connectivity index (χ4n) is 4.49. The zero-order valence-electron chi connectivity index (χ0n) is 16.2. The van der Waals surface area contributed by atoms with Crippen LogP contribution in [0.5, 0.6) is 0 Å². The van der Waals surface area contributed by atoms with Crippen LogP contribution in [0.2, 0.25) is 0 Å². The summed E-state index contributed by atoms with van der Waals surface area (Å²) in [5.41, 5.74) is 0.344. The molecule has 1 aromatic rings. The fraction of sp³-hybridized carbons (Fsp3) is 0.842. The van der Waals surface area contributed by atoms with Crippen LogP contribution < -0.4 is 5.32 Å². The highest BCUT2D eigenvalue weighted by Gasteiger charge is 2.42. The second-order valence-corrected chi connectivity index (χ2v) is 8.32. The van der Waals surface area contributed by atoms with Crippen molar-refractivity contribution in [3.05, 3.63) is 11.6 Å². The van der Waals surface area contributed by atoms with Crippen molar-refractivity contribution in [1.29, 1.82) is 0 Å². The lowest BCUT2D eigenvalue weighted by atomic mass is 9.87. The van der Waals surface area contributed by atoms with E-state index in [1.54, 1.807) is 0 Å². The highest BCUT2D eigenvalue weighted by molar-refractivity contribution is 5.80. The molecule has 144 valence electrons. The Bertz CT molecular complexity index is 642. The molecular weight excluding hydrogens is 328 g/mol. The van der Waals surface area contributed by atoms with Crippen LogP contribution in [0.25, 0.3) is 0 Å². The van der Waals surface area contributed by atoms with Crippen molar-refractivity contribution < 1.29 is 4.74 Å². The zero-order valence-corrected chi connectivity index (χ0v) is 16.2. The van der Waals surface area contributed by atoms with Crippen LogP contribution in [0, 0.1) is 12.3 Å². The van der Waals surface area contributed by atoms with Gasteiger partial charge in [0.05, 0.1) is 6.61 Å². The Labute approximate surface area is 156 Å². The number of hydrogen-bond donors (Lipinski definition) is 1. The number of nitrogens with zero attached hydrogens (tertiary/aromatic N) is 5. The first-order chi connectivity index (χ1) is 12.7. The lowest BCUT2D eigenvalue weighted by molar-refractivity contribution is 0.156. The van der Waals surface area contributed by atoms with Crippen molar-refractivity contribution in [2.75, 3.05) is 26.3 Å². The molecule has 0 aromatic carbocycles. The number of guanidine groups is 1. The number of ether oxygens (including phenoxy) is 1. The van der Waals surface area contributed by atoms with Gasteiger partial charge in [-0.05, 0) is 32.6 Å². The van der Waals surface area contributed by atoms with Gasteiger partial charge < -0.3 is 19.5 Å². The third kappa shape index (κ3) is 3.72. The average Bonchev–Trinajstić information content (AvgIpc) is 3.37. The molecule has 3 heterocycles. The minimum atomic E-state index is 0.344. The topological polar surface area (TPSA) is 67.6 Å². The number of nitrogens with one attached hydrogen (secondary N) is 1. The molecule has 7 heteroatoms. The molecule has 1 aromatic heterocycles. The summed E-state index contributed by atoms with van der Waals surface area (Å²) < 4.78 is 7.73. The van der Waals surface area contributed by atoms with Gasteiger partial charge in [-0.3, -0.25) is 0 Å². The van der Waals surface area contributed by atoms with E-state index >= 15 is 0 Å². The van der Waals surface area contributed by atoms with E-state index in [0.29, 0.717) is 18.0 Å². The Balaban J connectivity index is 1.49. The number of hydrogen-bond acceptors (Lipinski definition) is 4. The number of aliphatic imine (C=N–C) groups is 1. The Morgan fingerprint density at radius 3 is 2.81 bits per heavy atom. The van der Waals surface area contributed by atoms with Crippen LogP contribution >= 0.6 is 0 Å². The van der Waals surface area contributed by atoms with Gasteiger partial charge in [-0.25, -0.2) is 4.99 Å². The van der Waals surface area contributed by atoms with E-state index in [-0.39, 0.29) is 0 Å². The second-order valence-electron chi connectivity index (χ2n) is 8.32. The van der Waals surface area contributed by atoms with Crippen molar-refractivity contribution >= 4 is 5.96 Å². The highest BCUT2D eigenvalue weighted by atomic mass is 16.5. The van der Waals surface area contributed by atoms with Gasteiger partial charge in [0.2, 0.25) is 0 Å². The predicted molar refractivity (Wildman–Crippen MR) is 101 cm³/mol. The normalized spacial score (nSPS) is 27.6. The molecule has 0 radical (unpaired) electrons. The van der Waals surface area contributed by atoms with E-state index in [4.69, 9.17) is 9.73 Å². The standard InChI is InChI=1S/C19H32N6O/c1-15-22-23-17(24(15)2)12-20-18(21-16-6-4-3-5-7-16)25-10-8-19(13-25)9-11-26-14-19/h16H,3-14H2,1-2H3,(H,20,21). The lowest BCUT2D eigenvalue weighted by Gasteiger charge is -2.30. The summed E-state index contributed by atoms with van der Waals surface area (Å²) in [6, 6.07) is 0.556. The van der Waals surface area contributed by atoms with Gasteiger partial charge in [0.1, 0.15) is 12.4 Å². The summed E-state index contributed by atoms with van der Waals surface area (Å²) in [6.45, 7) is 6.50. The van der Waals surface area contributed by atoms with Gasteiger partial charge in [0, 0.05) is 38.2 Å². The molecule has 0 amide bonds. The van der Waals surface area contributed by atoms with E-state index in [2.05, 4.69) is 20.4 Å². The Morgan fingerprint density at radius 1 is 1.27 bits per heavy atom. The van der Waals surface area contributed by atoms with Gasteiger partial charge >= 0.3 is 0 Å². The molecule has 1 saturated carbocycles. The maximum Gasteiger partial charge on any atom is 0.194 e. The van der Waals surface area contributed by atoms with E-state index in [0.717, 1.165) is 43.9 Å². The molecule has 0 bridgehead atoms. The summed E-state index contributed by atoms with van der Waals surface area (Å²) in [4.78, 5) is 7.42. The molecule has 26 heavy (non-hydrogen) atoms. The maximum atomic E-state index is 5.70. The largest absolute Gasteiger partial charge is 0.381 e. The van der Waals surface area contributed by atoms with E-state index in [1.807, 2.05) is 18.5 Å². The quantitative estimate of drug-likeness (QED) is 0.660. The fourth-order valence-corrected chi connectivity index (χ4v) is 4.49. The molecule has 7 nitrogen and oxygen atoms in total. The number of rotatable bonds is 3. The first-order valence-electron chi connectivity index (χ1n) is 10.1. The summed E-state index contributed by atoms with van der Waals surface area (Å²) in [7, 11) is 2.01. The third-order valence-electron chi connectivity index (χ3n) is 6.41. The summed E-state index contributed by atoms with van der Waals surface area (Å²) >= 11 is 0. The summed E-state index contributed by atoms with van der Waals surface area (Å²) in [5.74, 6) is 2.91. The van der Waals surface area contributed by atoms with Crippen molar-refractivity contribution in [3.8, 4) is 0 Å². The van der Waals surface area contributed by atoms with Gasteiger partial charge in [-0.2, -0.15) is 0 Å². The molecule has 1 atom stereocenters. The predicted octanol–water partition coefficient (Wildman–Crippen LogP) is 2.01. The lowest BCUT2D eigenvalue weighted by Crippen LogP contribution is -2.46. The highest BCUT2D eigenvalue weighted by Crippen LogP contribution is 2.38. The van der Waals surface area contributed by atoms with Crippen molar-refractivity contribution in [2.24, 2.45) is 17.5 Å². The minimum Gasteiger partial charge on any atom is -0.381 e. The number of aromatic nitrogens is 3. The Kier molecular flexibility index (Phi) is 5.16. The van der Waals surface area contributed by atoms with E-state index in [9.17, 15) is 0 Å². The molecule has 3 fully saturated rings. The molecule has 1 N–H and O–H groups in total. The van der Waals surface area contributed by atoms with E-state index in [1.165, 1.54) is 44.9 Å². The molecule has 2 saturated heterocycles. The molecule has 1 unspecified atom stereocenters. The SMILES string of the molecule is Cc1nnc(CN=C(NC2CCCCC2)N2CCC3(CCOC3)C2)n1C. The second kappa shape index (κ2) is 7.55. The maximum absolute atomic E-state index is 5.70. The molecule has 1 spiro atoms. The van der Waals surface area contributed by atoms with Crippen LogP contribution in [-0.4, -0.2) is 58.0 Å². The summed E-state index contributed by atoms with van der Waals surface area (Å²) in [6.07, 6.45) is 8.92.